The molecule has 0 bridgehead atoms. The first-order chi connectivity index (χ1) is 12.4. The van der Waals surface area contributed by atoms with Crippen molar-refractivity contribution in [3.63, 3.8) is 0 Å². The van der Waals surface area contributed by atoms with Gasteiger partial charge in [0.25, 0.3) is 0 Å². The van der Waals surface area contributed by atoms with Gasteiger partial charge in [0.2, 0.25) is 0 Å². The second-order valence-corrected chi connectivity index (χ2v) is 8.43. The molecule has 29 heavy (non-hydrogen) atoms. The average Bonchev–Trinajstić information content (AvgIpc) is 2.59. The van der Waals surface area contributed by atoms with Gasteiger partial charge in [0.1, 0.15) is 10.1 Å². The van der Waals surface area contributed by atoms with Gasteiger partial charge in [-0.1, -0.05) is 0 Å². The van der Waals surface area contributed by atoms with Gasteiger partial charge in [-0.05, 0) is 47.5 Å². The molecule has 2 aromatic carbocycles. The van der Waals surface area contributed by atoms with Gasteiger partial charge in [0.15, 0.2) is 5.78 Å². The van der Waals surface area contributed by atoms with Gasteiger partial charge >= 0.3 is 59.1 Å². The Balaban J connectivity index is 0.00000392. The number of carbonyl (C=O) groups excluding carboxylic acids is 1. The summed E-state index contributed by atoms with van der Waals surface area (Å²) in [7, 11) is 1.67. The van der Waals surface area contributed by atoms with Crippen molar-refractivity contribution in [2.24, 2.45) is 0 Å². The molecule has 0 amide bonds. The maximum Gasteiger partial charge on any atom is 1.00 e. The minimum absolute atomic E-state index is 0. The van der Waals surface area contributed by atoms with Crippen LogP contribution in [0.4, 0.5) is 11.4 Å². The molecule has 0 heterocycles. The van der Waals surface area contributed by atoms with Gasteiger partial charge in [-0.3, -0.25) is 9.00 Å². The van der Waals surface area contributed by atoms with Crippen LogP contribution in [-0.2, 0) is 21.2 Å². The quantitative estimate of drug-likeness (QED) is 0.184. The van der Waals surface area contributed by atoms with Crippen LogP contribution >= 0.6 is 0 Å². The monoisotopic (exact) mass is 456 g/mol. The van der Waals surface area contributed by atoms with Crippen LogP contribution in [0, 0.1) is 0 Å². The molecule has 146 valence electrons. The van der Waals surface area contributed by atoms with Crippen LogP contribution in [-0.4, -0.2) is 55.7 Å². The molecular weight excluding hydrogens is 438 g/mol. The number of rotatable bonds is 6. The first kappa shape index (κ1) is 28.7. The molecular formula is C17H18N2Na2O6S2. The summed E-state index contributed by atoms with van der Waals surface area (Å²) >= 11 is -2.57. The van der Waals surface area contributed by atoms with Crippen molar-refractivity contribution in [2.75, 3.05) is 38.0 Å². The summed E-state index contributed by atoms with van der Waals surface area (Å²) in [6.07, 6.45) is 0. The van der Waals surface area contributed by atoms with E-state index in [1.54, 1.807) is 33.1 Å². The molecule has 0 saturated heterocycles. The topological polar surface area (TPSA) is 121 Å². The SMILES string of the molecule is CN(C)c1ccc(C(=O)c2ccc(N(C)C)c(S(=O)(=O)[O-])c2)cc1S(=O)[O-].[Na+].[Na+]. The number of nitrogens with zero attached hydrogens (tertiary/aromatic N) is 2. The molecule has 0 N–H and O–H groups in total. The van der Waals surface area contributed by atoms with E-state index in [1.807, 2.05) is 0 Å². The summed E-state index contributed by atoms with van der Waals surface area (Å²) in [6.45, 7) is 0. The zero-order chi connectivity index (χ0) is 20.5. The van der Waals surface area contributed by atoms with Crippen LogP contribution in [0.2, 0.25) is 0 Å². The minimum atomic E-state index is -4.81. The van der Waals surface area contributed by atoms with Gasteiger partial charge < -0.3 is 18.9 Å². The smallest absolute Gasteiger partial charge is 0.768 e. The second-order valence-electron chi connectivity index (χ2n) is 6.17. The maximum absolute atomic E-state index is 12.7. The minimum Gasteiger partial charge on any atom is -0.768 e. The number of benzene rings is 2. The van der Waals surface area contributed by atoms with E-state index >= 15 is 0 Å². The Labute approximate surface area is 217 Å². The summed E-state index contributed by atoms with van der Waals surface area (Å²) in [5.41, 5.74) is 0.596. The van der Waals surface area contributed by atoms with Gasteiger partial charge in [0.05, 0.1) is 16.3 Å². The molecule has 0 aliphatic rings. The summed E-state index contributed by atoms with van der Waals surface area (Å²) in [4.78, 5) is 15.2. The third-order valence-electron chi connectivity index (χ3n) is 3.86. The summed E-state index contributed by atoms with van der Waals surface area (Å²) in [6, 6.07) is 7.90. The summed E-state index contributed by atoms with van der Waals surface area (Å²) in [5.74, 6) is -0.595. The predicted molar refractivity (Wildman–Crippen MR) is 100 cm³/mol. The molecule has 1 unspecified atom stereocenters. The van der Waals surface area contributed by atoms with Gasteiger partial charge in [-0.15, -0.1) is 0 Å². The Morgan fingerprint density at radius 2 is 1.34 bits per heavy atom. The number of hydrogen-bond acceptors (Lipinski definition) is 8. The van der Waals surface area contributed by atoms with E-state index in [9.17, 15) is 26.5 Å². The molecule has 2 rings (SSSR count). The normalized spacial score (nSPS) is 11.7. The number of anilines is 2. The van der Waals surface area contributed by atoms with Crippen LogP contribution in [0.25, 0.3) is 0 Å². The van der Waals surface area contributed by atoms with Gasteiger partial charge in [-0.25, -0.2) is 8.42 Å². The van der Waals surface area contributed by atoms with Crippen molar-refractivity contribution < 1.29 is 85.6 Å². The molecule has 0 saturated carbocycles. The van der Waals surface area contributed by atoms with Crippen molar-refractivity contribution >= 4 is 38.4 Å². The van der Waals surface area contributed by atoms with Crippen LogP contribution in [0.3, 0.4) is 0 Å². The second kappa shape index (κ2) is 11.4. The zero-order valence-corrected chi connectivity index (χ0v) is 22.8. The standard InChI is InChI=1S/C17H20N2O6S2.2Na/c1-18(2)13-7-5-11(9-15(13)26(21)22)17(20)12-6-8-14(19(3)4)16(10-12)27(23,24)25;;/h5-10H,1-4H3,(H,21,22)(H,23,24,25);;/q;2*+1/p-2. The maximum atomic E-state index is 12.7. The Kier molecular flexibility index (Phi) is 11.3. The number of ketones is 1. The molecule has 0 spiro atoms. The third-order valence-corrected chi connectivity index (χ3v) is 5.41. The van der Waals surface area contributed by atoms with Crippen LogP contribution in [0.15, 0.2) is 46.2 Å². The van der Waals surface area contributed by atoms with Crippen LogP contribution in [0.1, 0.15) is 15.9 Å². The average molecular weight is 456 g/mol. The van der Waals surface area contributed by atoms with Crippen molar-refractivity contribution in [3.8, 4) is 0 Å². The van der Waals surface area contributed by atoms with E-state index in [0.717, 1.165) is 6.07 Å². The fourth-order valence-electron chi connectivity index (χ4n) is 2.55. The van der Waals surface area contributed by atoms with Crippen molar-refractivity contribution in [2.45, 2.75) is 9.79 Å². The number of carbonyl (C=O) groups is 1. The fourth-order valence-corrected chi connectivity index (χ4v) is 3.97. The van der Waals surface area contributed by atoms with E-state index in [0.29, 0.717) is 5.69 Å². The molecule has 0 radical (unpaired) electrons. The molecule has 0 fully saturated rings. The first-order valence-corrected chi connectivity index (χ1v) is 10.1. The largest absolute Gasteiger partial charge is 1.00 e. The van der Waals surface area contributed by atoms with Crippen LogP contribution in [0.5, 0.6) is 0 Å². The zero-order valence-electron chi connectivity index (χ0n) is 17.1. The number of hydrogen-bond donors (Lipinski definition) is 0. The van der Waals surface area contributed by atoms with E-state index < -0.39 is 31.9 Å². The first-order valence-electron chi connectivity index (χ1n) is 7.66. The molecule has 12 heteroatoms. The van der Waals surface area contributed by atoms with Crippen molar-refractivity contribution in [1.82, 2.24) is 0 Å². The van der Waals surface area contributed by atoms with E-state index in [1.165, 1.54) is 35.2 Å². The Morgan fingerprint density at radius 1 is 0.897 bits per heavy atom. The summed E-state index contributed by atoms with van der Waals surface area (Å²) in [5, 5.41) is 0. The predicted octanol–water partition coefficient (Wildman–Crippen LogP) is -4.80. The van der Waals surface area contributed by atoms with Gasteiger partial charge in [0, 0.05) is 44.2 Å². The molecule has 8 nitrogen and oxygen atoms in total. The van der Waals surface area contributed by atoms with Gasteiger partial charge in [-0.2, -0.15) is 0 Å². The third kappa shape index (κ3) is 6.86. The summed E-state index contributed by atoms with van der Waals surface area (Å²) < 4.78 is 57.6. The van der Waals surface area contributed by atoms with E-state index in [4.69, 9.17) is 0 Å². The van der Waals surface area contributed by atoms with Crippen LogP contribution < -0.4 is 68.9 Å². The van der Waals surface area contributed by atoms with E-state index in [-0.39, 0.29) is 80.8 Å². The Morgan fingerprint density at radius 3 is 1.76 bits per heavy atom. The molecule has 0 aromatic heterocycles. The molecule has 0 aliphatic heterocycles. The Hall–Kier alpha value is -0.270. The molecule has 1 atom stereocenters. The molecule has 0 aliphatic carbocycles. The van der Waals surface area contributed by atoms with Crippen molar-refractivity contribution in [1.29, 1.82) is 0 Å². The fraction of sp³-hybridized carbons (Fsp3) is 0.235. The molecule has 2 aromatic rings. The Bertz CT molecular complexity index is 1030. The van der Waals surface area contributed by atoms with Crippen molar-refractivity contribution in [3.05, 3.63) is 47.5 Å². The van der Waals surface area contributed by atoms with E-state index in [2.05, 4.69) is 0 Å².